The van der Waals surface area contributed by atoms with E-state index in [0.717, 1.165) is 0 Å². The Morgan fingerprint density at radius 2 is 1.86 bits per heavy atom. The molecule has 0 saturated heterocycles. The van der Waals surface area contributed by atoms with Crippen molar-refractivity contribution in [1.29, 1.82) is 0 Å². The van der Waals surface area contributed by atoms with Crippen molar-refractivity contribution in [3.63, 3.8) is 0 Å². The molecule has 0 aliphatic carbocycles. The van der Waals surface area contributed by atoms with E-state index in [1.807, 2.05) is 0 Å². The van der Waals surface area contributed by atoms with Crippen molar-refractivity contribution >= 4 is 27.8 Å². The molecule has 3 rings (SSSR count). The molecule has 0 atom stereocenters. The molecule has 0 saturated carbocycles. The summed E-state index contributed by atoms with van der Waals surface area (Å²) < 4.78 is 16.1. The summed E-state index contributed by atoms with van der Waals surface area (Å²) in [5.74, 6) is -0.377. The first-order chi connectivity index (χ1) is 13.9. The van der Waals surface area contributed by atoms with Gasteiger partial charge in [-0.15, -0.1) is 0 Å². The molecule has 0 aliphatic heterocycles. The summed E-state index contributed by atoms with van der Waals surface area (Å²) >= 11 is 0. The third-order valence-electron chi connectivity index (χ3n) is 4.46. The van der Waals surface area contributed by atoms with Crippen LogP contribution in [0.5, 0.6) is 23.0 Å². The minimum atomic E-state index is -0.513. The number of ether oxygens (including phenoxy) is 2. The van der Waals surface area contributed by atoms with Gasteiger partial charge >= 0.3 is 0 Å². The Morgan fingerprint density at radius 1 is 1.14 bits per heavy atom. The van der Waals surface area contributed by atoms with Crippen molar-refractivity contribution in [3.05, 3.63) is 46.1 Å². The Hall–Kier alpha value is -3.68. The fraction of sp³-hybridized carbons (Fsp3) is 0.238. The minimum Gasteiger partial charge on any atom is -0.507 e. The van der Waals surface area contributed by atoms with Crippen LogP contribution in [-0.2, 0) is 11.2 Å². The molecule has 29 heavy (non-hydrogen) atoms. The van der Waals surface area contributed by atoms with Crippen molar-refractivity contribution < 1.29 is 28.9 Å². The first-order valence-electron chi connectivity index (χ1n) is 8.91. The molecular weight excluding hydrogens is 378 g/mol. The summed E-state index contributed by atoms with van der Waals surface area (Å²) in [5.41, 5.74) is 0.0219. The number of aromatic hydroxyl groups is 2. The van der Waals surface area contributed by atoms with Gasteiger partial charge in [0.1, 0.15) is 28.1 Å². The summed E-state index contributed by atoms with van der Waals surface area (Å²) in [7, 11) is 2.81. The van der Waals surface area contributed by atoms with E-state index in [1.165, 1.54) is 44.6 Å². The van der Waals surface area contributed by atoms with E-state index < -0.39 is 5.43 Å². The highest BCUT2D eigenvalue weighted by Gasteiger charge is 2.20. The second-order valence-corrected chi connectivity index (χ2v) is 6.23. The Bertz CT molecular complexity index is 1180. The normalized spacial score (nSPS) is 11.3. The smallest absolute Gasteiger partial charge is 0.243 e. The number of amides is 1. The van der Waals surface area contributed by atoms with Gasteiger partial charge in [-0.3, -0.25) is 9.59 Å². The number of benzene rings is 2. The predicted octanol–water partition coefficient (Wildman–Crippen LogP) is 2.61. The quantitative estimate of drug-likeness (QED) is 0.431. The van der Waals surface area contributed by atoms with Crippen LogP contribution >= 0.6 is 0 Å². The minimum absolute atomic E-state index is 0.0307. The van der Waals surface area contributed by atoms with Gasteiger partial charge in [0.15, 0.2) is 11.5 Å². The van der Waals surface area contributed by atoms with Crippen LogP contribution in [0.4, 0.5) is 0 Å². The lowest BCUT2D eigenvalue weighted by molar-refractivity contribution is -0.116. The standard InChI is InChI=1S/C21H21NO7/c1-4-22-17(24)7-5-6-12-18-15(10-16(28-3)20(12)25)29-14-9-11(27-2)8-13(23)19(14)21(18)26/h5,7-10,23,25H,4,6H2,1-3H3,(H,22,24)/b7-5+. The zero-order valence-corrected chi connectivity index (χ0v) is 16.2. The number of hydrogen-bond donors (Lipinski definition) is 3. The molecule has 0 bridgehead atoms. The lowest BCUT2D eigenvalue weighted by Gasteiger charge is -2.12. The van der Waals surface area contributed by atoms with Gasteiger partial charge in [0.25, 0.3) is 0 Å². The topological polar surface area (TPSA) is 118 Å². The van der Waals surface area contributed by atoms with Crippen LogP contribution in [0, 0.1) is 0 Å². The third-order valence-corrected chi connectivity index (χ3v) is 4.46. The van der Waals surface area contributed by atoms with Crippen LogP contribution in [0.1, 0.15) is 12.5 Å². The van der Waals surface area contributed by atoms with Gasteiger partial charge in [0.2, 0.25) is 11.3 Å². The summed E-state index contributed by atoms with van der Waals surface area (Å²) in [6.45, 7) is 2.28. The molecule has 8 nitrogen and oxygen atoms in total. The Balaban J connectivity index is 2.28. The largest absolute Gasteiger partial charge is 0.507 e. The maximum absolute atomic E-state index is 13.2. The van der Waals surface area contributed by atoms with Crippen LogP contribution in [0.3, 0.4) is 0 Å². The van der Waals surface area contributed by atoms with Gasteiger partial charge in [-0.1, -0.05) is 6.08 Å². The van der Waals surface area contributed by atoms with Crippen LogP contribution < -0.4 is 20.2 Å². The van der Waals surface area contributed by atoms with Gasteiger partial charge in [0, 0.05) is 30.3 Å². The van der Waals surface area contributed by atoms with Crippen molar-refractivity contribution in [2.45, 2.75) is 13.3 Å². The lowest BCUT2D eigenvalue weighted by atomic mass is 10.0. The Morgan fingerprint density at radius 3 is 2.52 bits per heavy atom. The van der Waals surface area contributed by atoms with E-state index in [9.17, 15) is 19.8 Å². The van der Waals surface area contributed by atoms with Crippen molar-refractivity contribution in [1.82, 2.24) is 5.32 Å². The molecule has 2 aromatic carbocycles. The van der Waals surface area contributed by atoms with E-state index in [-0.39, 0.29) is 57.1 Å². The van der Waals surface area contributed by atoms with E-state index in [1.54, 1.807) is 6.92 Å². The number of methoxy groups -OCH3 is 2. The summed E-state index contributed by atoms with van der Waals surface area (Å²) in [5, 5.41) is 23.6. The average molecular weight is 399 g/mol. The highest BCUT2D eigenvalue weighted by atomic mass is 16.5. The van der Waals surface area contributed by atoms with Gasteiger partial charge in [-0.2, -0.15) is 0 Å². The number of rotatable bonds is 6. The second-order valence-electron chi connectivity index (χ2n) is 6.23. The predicted molar refractivity (Wildman–Crippen MR) is 108 cm³/mol. The number of allylic oxidation sites excluding steroid dienone is 1. The molecule has 1 aromatic heterocycles. The zero-order valence-electron chi connectivity index (χ0n) is 16.2. The lowest BCUT2D eigenvalue weighted by Crippen LogP contribution is -2.19. The van der Waals surface area contributed by atoms with Gasteiger partial charge in [-0.25, -0.2) is 0 Å². The molecule has 1 heterocycles. The van der Waals surface area contributed by atoms with E-state index in [0.29, 0.717) is 12.3 Å². The molecule has 3 N–H and O–H groups in total. The number of carbonyl (C=O) groups excluding carboxylic acids is 1. The first-order valence-corrected chi connectivity index (χ1v) is 8.91. The molecule has 0 unspecified atom stereocenters. The average Bonchev–Trinajstić information content (AvgIpc) is 2.69. The number of nitrogens with one attached hydrogen (secondary N) is 1. The van der Waals surface area contributed by atoms with E-state index in [4.69, 9.17) is 13.9 Å². The fourth-order valence-electron chi connectivity index (χ4n) is 3.12. The first kappa shape index (κ1) is 20.1. The van der Waals surface area contributed by atoms with E-state index >= 15 is 0 Å². The molecule has 152 valence electrons. The molecule has 0 spiro atoms. The maximum atomic E-state index is 13.2. The zero-order chi connectivity index (χ0) is 21.1. The number of phenols is 2. The maximum Gasteiger partial charge on any atom is 0.243 e. The van der Waals surface area contributed by atoms with E-state index in [2.05, 4.69) is 5.32 Å². The van der Waals surface area contributed by atoms with Crippen LogP contribution in [0.2, 0.25) is 0 Å². The Labute approximate surface area is 166 Å². The summed E-state index contributed by atoms with van der Waals surface area (Å²) in [4.78, 5) is 24.8. The van der Waals surface area contributed by atoms with Crippen molar-refractivity contribution in [2.24, 2.45) is 0 Å². The molecule has 0 aliphatic rings. The SMILES string of the molecule is CCNC(=O)/C=C/Cc1c(O)c(OC)cc2oc3cc(OC)cc(O)c3c(=O)c12. The van der Waals surface area contributed by atoms with Gasteiger partial charge in [0.05, 0.1) is 19.6 Å². The number of hydrogen-bond acceptors (Lipinski definition) is 7. The van der Waals surface area contributed by atoms with Gasteiger partial charge in [-0.05, 0) is 19.4 Å². The molecule has 0 fully saturated rings. The van der Waals surface area contributed by atoms with Gasteiger partial charge < -0.3 is 29.4 Å². The fourth-order valence-corrected chi connectivity index (χ4v) is 3.12. The Kier molecular flexibility index (Phi) is 5.63. The number of carbonyl (C=O) groups is 1. The highest BCUT2D eigenvalue weighted by Crippen LogP contribution is 2.38. The monoisotopic (exact) mass is 399 g/mol. The second kappa shape index (κ2) is 8.14. The number of phenolic OH excluding ortho intramolecular Hbond substituents is 2. The van der Waals surface area contributed by atoms with Crippen LogP contribution in [-0.4, -0.2) is 36.9 Å². The summed E-state index contributed by atoms with van der Waals surface area (Å²) in [6, 6.07) is 4.20. The summed E-state index contributed by atoms with van der Waals surface area (Å²) in [6.07, 6.45) is 2.92. The van der Waals surface area contributed by atoms with Crippen molar-refractivity contribution in [3.8, 4) is 23.0 Å². The molecular formula is C21H21NO7. The molecule has 3 aromatic rings. The highest BCUT2D eigenvalue weighted by molar-refractivity contribution is 5.97. The third kappa shape index (κ3) is 3.69. The molecule has 8 heteroatoms. The van der Waals surface area contributed by atoms with Crippen LogP contribution in [0.25, 0.3) is 21.9 Å². The van der Waals surface area contributed by atoms with Crippen LogP contribution in [0.15, 0.2) is 39.6 Å². The molecule has 1 amide bonds. The molecule has 0 radical (unpaired) electrons. The van der Waals surface area contributed by atoms with Crippen molar-refractivity contribution in [2.75, 3.05) is 20.8 Å². The number of fused-ring (bicyclic) bond motifs is 2. The number of likely N-dealkylation sites (N-methyl/N-ethyl adjacent to an activating group) is 1.